The molecule has 1 atom stereocenters. The van der Waals surface area contributed by atoms with Gasteiger partial charge in [-0.2, -0.15) is 26.3 Å². The molecule has 8 nitrogen and oxygen atoms in total. The Labute approximate surface area is 252 Å². The molecule has 0 amide bonds. The van der Waals surface area contributed by atoms with Crippen molar-refractivity contribution >= 4 is 45.4 Å². The third-order valence-electron chi connectivity index (χ3n) is 6.39. The highest BCUT2D eigenvalue weighted by Crippen LogP contribution is 2.42. The third kappa shape index (κ3) is 7.21. The summed E-state index contributed by atoms with van der Waals surface area (Å²) >= 11 is 6.02. The molecule has 0 bridgehead atoms. The first-order valence-electron chi connectivity index (χ1n) is 12.8. The number of aliphatic carboxylic acids is 1. The molecule has 1 aromatic heterocycles. The first-order chi connectivity index (χ1) is 20.5. The number of hydrogen-bond donors (Lipinski definition) is 1. The quantitative estimate of drug-likeness (QED) is 0.191. The van der Waals surface area contributed by atoms with Gasteiger partial charge in [-0.25, -0.2) is 13.4 Å². The van der Waals surface area contributed by atoms with Crippen molar-refractivity contribution in [2.45, 2.75) is 43.1 Å². The topological polar surface area (TPSA) is 106 Å². The van der Waals surface area contributed by atoms with Gasteiger partial charge in [-0.1, -0.05) is 35.9 Å². The lowest BCUT2D eigenvalue weighted by Crippen LogP contribution is -2.44. The van der Waals surface area contributed by atoms with Crippen molar-refractivity contribution in [3.05, 3.63) is 75.9 Å². The highest BCUT2D eigenvalue weighted by atomic mass is 35.5. The molecule has 0 saturated carbocycles. The van der Waals surface area contributed by atoms with Gasteiger partial charge in [-0.3, -0.25) is 9.10 Å². The van der Waals surface area contributed by atoms with Gasteiger partial charge in [0.15, 0.2) is 4.90 Å². The zero-order valence-electron chi connectivity index (χ0n) is 22.6. The first kappa shape index (κ1) is 32.9. The van der Waals surface area contributed by atoms with E-state index in [-0.39, 0.29) is 40.6 Å². The minimum atomic E-state index is -4.94. The largest absolute Gasteiger partial charge is 0.486 e. The van der Waals surface area contributed by atoms with Gasteiger partial charge >= 0.3 is 18.3 Å². The summed E-state index contributed by atoms with van der Waals surface area (Å²) in [6.45, 7) is 0.850. The number of rotatable bonds is 9. The second kappa shape index (κ2) is 12.6. The number of sulfonamides is 1. The molecule has 44 heavy (non-hydrogen) atoms. The van der Waals surface area contributed by atoms with Crippen LogP contribution >= 0.6 is 11.6 Å². The van der Waals surface area contributed by atoms with Crippen molar-refractivity contribution < 1.29 is 54.1 Å². The fourth-order valence-electron chi connectivity index (χ4n) is 4.36. The van der Waals surface area contributed by atoms with Crippen LogP contribution in [0.25, 0.3) is 12.2 Å². The van der Waals surface area contributed by atoms with Gasteiger partial charge in [0.2, 0.25) is 5.88 Å². The van der Waals surface area contributed by atoms with Crippen molar-refractivity contribution in [2.24, 2.45) is 0 Å². The van der Waals surface area contributed by atoms with Gasteiger partial charge in [0, 0.05) is 23.2 Å². The van der Waals surface area contributed by atoms with Crippen LogP contribution in [-0.4, -0.2) is 43.7 Å². The first-order valence-corrected chi connectivity index (χ1v) is 14.6. The number of anilines is 1. The van der Waals surface area contributed by atoms with E-state index in [2.05, 4.69) is 4.98 Å². The van der Waals surface area contributed by atoms with Crippen LogP contribution in [0.5, 0.6) is 11.6 Å². The van der Waals surface area contributed by atoms with Gasteiger partial charge in [-0.15, -0.1) is 0 Å². The monoisotopic (exact) mass is 664 g/mol. The highest BCUT2D eigenvalue weighted by molar-refractivity contribution is 7.93. The maximum Gasteiger partial charge on any atom is 0.417 e. The molecule has 0 spiro atoms. The molecule has 16 heteroatoms. The Bertz CT molecular complexity index is 1690. The Hall–Kier alpha value is -3.98. The van der Waals surface area contributed by atoms with E-state index in [0.29, 0.717) is 12.3 Å². The molecule has 1 N–H and O–H groups in total. The maximum atomic E-state index is 14.0. The van der Waals surface area contributed by atoms with Crippen LogP contribution in [0.1, 0.15) is 42.0 Å². The summed E-state index contributed by atoms with van der Waals surface area (Å²) < 4.78 is 121. The van der Waals surface area contributed by atoms with Gasteiger partial charge < -0.3 is 14.6 Å². The molecule has 236 valence electrons. The lowest BCUT2D eigenvalue weighted by atomic mass is 10.0. The van der Waals surface area contributed by atoms with Gasteiger partial charge in [-0.05, 0) is 49.2 Å². The third-order valence-corrected chi connectivity index (χ3v) is 8.49. The number of alkyl halides is 6. The summed E-state index contributed by atoms with van der Waals surface area (Å²) in [5.41, 5.74) is -2.67. The molecular weight excluding hydrogens is 642 g/mol. The molecule has 1 unspecified atom stereocenters. The predicted octanol–water partition coefficient (Wildman–Crippen LogP) is 7.16. The number of ether oxygens (including phenoxy) is 2. The Balaban J connectivity index is 1.84. The molecule has 4 rings (SSSR count). The minimum Gasteiger partial charge on any atom is -0.486 e. The SMILES string of the molecule is CCOc1ncc(C(F)(F)F)cc1S(=O)(=O)N1CC(CCC(=O)O)Oc2ccc(C=Cc3c(Cl)cccc3C(F)(F)F)cc21. The molecular formula is C28H23ClF6N2O6S. The van der Waals surface area contributed by atoms with Gasteiger partial charge in [0.25, 0.3) is 10.0 Å². The van der Waals surface area contributed by atoms with Crippen LogP contribution in [0.4, 0.5) is 32.0 Å². The van der Waals surface area contributed by atoms with Crippen molar-refractivity contribution in [1.29, 1.82) is 0 Å². The van der Waals surface area contributed by atoms with E-state index in [1.54, 1.807) is 0 Å². The van der Waals surface area contributed by atoms with E-state index in [1.807, 2.05) is 0 Å². The standard InChI is InChI=1S/C28H23ClF6N2O6S/c1-2-42-26-24(13-17(14-36-26)27(30,31)32)44(40,41)37-15-18(8-11-25(38)39)43-23-10-7-16(12-22(23)37)6-9-19-20(28(33,34)35)4-3-5-21(19)29/h3-7,9-10,12-14,18H,2,8,11,15H2,1H3,(H,38,39). The Kier molecular flexibility index (Phi) is 9.40. The number of halogens is 7. The van der Waals surface area contributed by atoms with Gasteiger partial charge in [0.1, 0.15) is 11.9 Å². The molecule has 0 saturated heterocycles. The van der Waals surface area contributed by atoms with Crippen molar-refractivity contribution in [3.8, 4) is 11.6 Å². The van der Waals surface area contributed by atoms with Crippen molar-refractivity contribution in [2.75, 3.05) is 17.5 Å². The smallest absolute Gasteiger partial charge is 0.417 e. The summed E-state index contributed by atoms with van der Waals surface area (Å²) in [6.07, 6.45) is -8.45. The number of nitrogens with zero attached hydrogens (tertiary/aromatic N) is 2. The second-order valence-corrected chi connectivity index (χ2v) is 11.7. The van der Waals surface area contributed by atoms with E-state index >= 15 is 0 Å². The van der Waals surface area contributed by atoms with Crippen LogP contribution in [0, 0.1) is 0 Å². The molecule has 0 fully saturated rings. The molecule has 2 heterocycles. The van der Waals surface area contributed by atoms with Crippen LogP contribution in [-0.2, 0) is 27.2 Å². The number of carboxylic acid groups (broad SMARTS) is 1. The average molecular weight is 665 g/mol. The minimum absolute atomic E-state index is 0.0565. The fourth-order valence-corrected chi connectivity index (χ4v) is 6.21. The van der Waals surface area contributed by atoms with Crippen LogP contribution in [0.2, 0.25) is 5.02 Å². The Morgan fingerprint density at radius 3 is 2.50 bits per heavy atom. The second-order valence-electron chi connectivity index (χ2n) is 9.43. The molecule has 1 aliphatic heterocycles. The summed E-state index contributed by atoms with van der Waals surface area (Å²) in [7, 11) is -4.87. The molecule has 3 aromatic rings. The number of pyridine rings is 1. The van der Waals surface area contributed by atoms with Crippen LogP contribution in [0.15, 0.2) is 53.6 Å². The van der Waals surface area contributed by atoms with E-state index in [4.69, 9.17) is 26.2 Å². The number of fused-ring (bicyclic) bond motifs is 1. The summed E-state index contributed by atoms with van der Waals surface area (Å²) in [4.78, 5) is 13.9. The highest BCUT2D eigenvalue weighted by Gasteiger charge is 2.40. The number of aromatic nitrogens is 1. The molecule has 1 aliphatic rings. The van der Waals surface area contributed by atoms with Crippen LogP contribution in [0.3, 0.4) is 0 Å². The lowest BCUT2D eigenvalue weighted by molar-refractivity contribution is -0.138. The van der Waals surface area contributed by atoms with Crippen molar-refractivity contribution in [1.82, 2.24) is 4.98 Å². The van der Waals surface area contributed by atoms with E-state index in [9.17, 15) is 39.6 Å². The molecule has 0 aliphatic carbocycles. The number of benzene rings is 2. The number of carboxylic acids is 1. The summed E-state index contributed by atoms with van der Waals surface area (Å²) in [5.74, 6) is -1.84. The van der Waals surface area contributed by atoms with Gasteiger partial charge in [0.05, 0.1) is 30.0 Å². The molecule has 2 aromatic carbocycles. The average Bonchev–Trinajstić information content (AvgIpc) is 2.94. The Morgan fingerprint density at radius 2 is 1.86 bits per heavy atom. The zero-order chi connectivity index (χ0) is 32.4. The maximum absolute atomic E-state index is 14.0. The number of hydrogen-bond acceptors (Lipinski definition) is 6. The van der Waals surface area contributed by atoms with E-state index < -0.39 is 69.3 Å². The zero-order valence-corrected chi connectivity index (χ0v) is 24.2. The van der Waals surface area contributed by atoms with E-state index in [0.717, 1.165) is 22.5 Å². The predicted molar refractivity (Wildman–Crippen MR) is 148 cm³/mol. The van der Waals surface area contributed by atoms with Crippen LogP contribution < -0.4 is 13.8 Å². The van der Waals surface area contributed by atoms with E-state index in [1.165, 1.54) is 37.3 Å². The normalized spacial score (nSPS) is 15.6. The molecule has 0 radical (unpaired) electrons. The Morgan fingerprint density at radius 1 is 1.14 bits per heavy atom. The van der Waals surface area contributed by atoms with Crippen molar-refractivity contribution in [3.63, 3.8) is 0 Å². The summed E-state index contributed by atoms with van der Waals surface area (Å²) in [5, 5.41) is 8.93. The fraction of sp³-hybridized carbons (Fsp3) is 0.286. The number of carbonyl (C=O) groups is 1. The lowest BCUT2D eigenvalue weighted by Gasteiger charge is -2.35. The summed E-state index contributed by atoms with van der Waals surface area (Å²) in [6, 6.07) is 7.60.